The summed E-state index contributed by atoms with van der Waals surface area (Å²) in [5, 5.41) is 8.27. The average Bonchev–Trinajstić information content (AvgIpc) is 3.22. The van der Waals surface area contributed by atoms with Crippen LogP contribution in [0, 0.1) is 18.2 Å². The molecule has 0 aliphatic carbocycles. The van der Waals surface area contributed by atoms with Gasteiger partial charge < -0.3 is 18.9 Å². The van der Waals surface area contributed by atoms with E-state index < -0.39 is 47.5 Å². The zero-order valence-corrected chi connectivity index (χ0v) is 18.2. The van der Waals surface area contributed by atoms with Gasteiger partial charge in [-0.1, -0.05) is 12.1 Å². The fourth-order valence-electron chi connectivity index (χ4n) is 5.11. The van der Waals surface area contributed by atoms with Crippen LogP contribution in [0.3, 0.4) is 0 Å². The monoisotopic (exact) mass is 459 g/mol. The predicted octanol–water partition coefficient (Wildman–Crippen LogP) is 1.05. The van der Waals surface area contributed by atoms with Crippen LogP contribution in [0.25, 0.3) is 11.4 Å². The Morgan fingerprint density at radius 2 is 2.00 bits per heavy atom. The zero-order chi connectivity index (χ0) is 23.5. The van der Waals surface area contributed by atoms with Crippen LogP contribution in [0.2, 0.25) is 0 Å². The minimum Gasteiger partial charge on any atom is -0.357 e. The molecule has 3 aliphatic rings. The van der Waals surface area contributed by atoms with Crippen molar-refractivity contribution in [1.82, 2.24) is 20.8 Å². The maximum absolute atomic E-state index is 15.6. The van der Waals surface area contributed by atoms with Gasteiger partial charge in [0.15, 0.2) is 11.7 Å². The Morgan fingerprint density at radius 3 is 2.61 bits per heavy atom. The molecule has 1 aromatic heterocycles. The number of hydrogen-bond acceptors (Lipinski definition) is 9. The highest BCUT2D eigenvalue weighted by atomic mass is 19.1. The van der Waals surface area contributed by atoms with E-state index in [0.29, 0.717) is 23.4 Å². The molecule has 3 aliphatic heterocycles. The number of amides is 4. The number of methoxy groups -OCH3 is 1. The summed E-state index contributed by atoms with van der Waals surface area (Å²) in [5.41, 5.74) is -0.739. The van der Waals surface area contributed by atoms with Crippen molar-refractivity contribution in [3.05, 3.63) is 29.4 Å². The molecule has 33 heavy (non-hydrogen) atoms. The fourth-order valence-corrected chi connectivity index (χ4v) is 5.11. The van der Waals surface area contributed by atoms with Crippen molar-refractivity contribution >= 4 is 23.5 Å². The molecule has 1 aromatic carbocycles. The molecular weight excluding hydrogens is 437 g/mol. The van der Waals surface area contributed by atoms with Crippen molar-refractivity contribution < 1.29 is 32.8 Å². The second-order valence-electron chi connectivity index (χ2n) is 8.33. The van der Waals surface area contributed by atoms with Crippen molar-refractivity contribution in [3.8, 4) is 11.4 Å². The number of fused-ring (bicyclic) bond motifs is 4. The normalized spacial score (nSPS) is 26.0. The molecule has 4 amide bonds. The Morgan fingerprint density at radius 1 is 1.27 bits per heavy atom. The van der Waals surface area contributed by atoms with Gasteiger partial charge in [0.05, 0.1) is 24.4 Å². The van der Waals surface area contributed by atoms with E-state index in [4.69, 9.17) is 14.0 Å². The molecule has 5 rings (SSSR count). The highest BCUT2D eigenvalue weighted by Gasteiger charge is 2.64. The van der Waals surface area contributed by atoms with Crippen LogP contribution in [0.4, 0.5) is 14.9 Å². The summed E-state index contributed by atoms with van der Waals surface area (Å²) in [6.07, 6.45) is -1.06. The van der Waals surface area contributed by atoms with Gasteiger partial charge in [-0.05, 0) is 24.1 Å². The Balaban J connectivity index is 1.72. The minimum absolute atomic E-state index is 0.0819. The third kappa shape index (κ3) is 3.12. The van der Waals surface area contributed by atoms with E-state index in [2.05, 4.69) is 20.8 Å². The van der Waals surface area contributed by atoms with Crippen molar-refractivity contribution in [2.75, 3.05) is 18.6 Å². The number of aryl methyl sites for hydroxylation is 1. The molecule has 0 bridgehead atoms. The van der Waals surface area contributed by atoms with Gasteiger partial charge >= 0.3 is 6.03 Å². The Labute approximate surface area is 187 Å². The number of barbiturate groups is 1. The summed E-state index contributed by atoms with van der Waals surface area (Å²) in [4.78, 5) is 44.2. The molecule has 3 atom stereocenters. The lowest BCUT2D eigenvalue weighted by Crippen LogP contribution is -2.75. The Bertz CT molecular complexity index is 1150. The summed E-state index contributed by atoms with van der Waals surface area (Å²) in [5.74, 6) is -1.58. The van der Waals surface area contributed by atoms with E-state index in [1.165, 1.54) is 13.2 Å². The molecule has 2 saturated heterocycles. The maximum Gasteiger partial charge on any atom is 0.328 e. The molecule has 11 nitrogen and oxygen atoms in total. The van der Waals surface area contributed by atoms with Crippen LogP contribution >= 0.6 is 0 Å². The van der Waals surface area contributed by atoms with Crippen LogP contribution in [0.15, 0.2) is 16.7 Å². The van der Waals surface area contributed by atoms with Gasteiger partial charge in [-0.15, -0.1) is 0 Å². The summed E-state index contributed by atoms with van der Waals surface area (Å²) in [6, 6.07) is 1.17. The number of benzene rings is 1. The number of ether oxygens (including phenoxy) is 2. The number of nitrogens with zero attached hydrogens (tertiary/aromatic N) is 3. The molecule has 0 saturated carbocycles. The first-order valence-corrected chi connectivity index (χ1v) is 10.5. The number of morpholine rings is 1. The summed E-state index contributed by atoms with van der Waals surface area (Å²) >= 11 is 0. The van der Waals surface area contributed by atoms with E-state index in [9.17, 15) is 14.4 Å². The van der Waals surface area contributed by atoms with Gasteiger partial charge in [-0.25, -0.2) is 9.18 Å². The number of hydrogen-bond donors (Lipinski definition) is 2. The first-order chi connectivity index (χ1) is 15.8. The number of urea groups is 1. The van der Waals surface area contributed by atoms with Crippen molar-refractivity contribution in [3.63, 3.8) is 0 Å². The first-order valence-electron chi connectivity index (χ1n) is 10.5. The lowest BCUT2D eigenvalue weighted by molar-refractivity contribution is -0.192. The van der Waals surface area contributed by atoms with Gasteiger partial charge in [-0.2, -0.15) is 4.98 Å². The van der Waals surface area contributed by atoms with Gasteiger partial charge in [0.2, 0.25) is 23.5 Å². The van der Waals surface area contributed by atoms with E-state index in [1.54, 1.807) is 17.9 Å². The molecule has 0 radical (unpaired) electrons. The third-order valence-corrected chi connectivity index (χ3v) is 6.48. The lowest BCUT2D eigenvalue weighted by Gasteiger charge is -2.55. The van der Waals surface area contributed by atoms with Crippen LogP contribution < -0.4 is 15.5 Å². The SMILES string of the molecule is CC[C@@H]1O[C@H](OC)CN2c3c(F)cc(-c4noc(C)n4)cc3CC3(C(=O)NC(=O)NC3=O)[C@@H]12. The van der Waals surface area contributed by atoms with Gasteiger partial charge in [-0.3, -0.25) is 20.2 Å². The number of rotatable bonds is 3. The molecule has 174 valence electrons. The van der Waals surface area contributed by atoms with Crippen molar-refractivity contribution in [2.45, 2.75) is 45.1 Å². The lowest BCUT2D eigenvalue weighted by atomic mass is 9.66. The van der Waals surface area contributed by atoms with Crippen LogP contribution in [0.5, 0.6) is 0 Å². The third-order valence-electron chi connectivity index (χ3n) is 6.48. The number of anilines is 1. The maximum atomic E-state index is 15.6. The van der Waals surface area contributed by atoms with Crippen molar-refractivity contribution in [2.24, 2.45) is 5.41 Å². The number of nitrogens with one attached hydrogen (secondary N) is 2. The van der Waals surface area contributed by atoms with Crippen LogP contribution in [-0.2, 0) is 25.5 Å². The van der Waals surface area contributed by atoms with Gasteiger partial charge in [0.25, 0.3) is 0 Å². The molecule has 2 aromatic rings. The highest BCUT2D eigenvalue weighted by molar-refractivity contribution is 6.20. The number of carbonyl (C=O) groups is 3. The Hall–Kier alpha value is -3.38. The number of imide groups is 2. The second-order valence-corrected chi connectivity index (χ2v) is 8.33. The second kappa shape index (κ2) is 7.59. The molecule has 2 N–H and O–H groups in total. The molecular formula is C21H22FN5O6. The smallest absolute Gasteiger partial charge is 0.328 e. The topological polar surface area (TPSA) is 136 Å². The number of halogens is 1. The predicted molar refractivity (Wildman–Crippen MR) is 109 cm³/mol. The van der Waals surface area contributed by atoms with Crippen molar-refractivity contribution in [1.29, 1.82) is 0 Å². The average molecular weight is 459 g/mol. The molecule has 0 unspecified atom stereocenters. The van der Waals surface area contributed by atoms with E-state index in [1.807, 2.05) is 6.92 Å². The quantitative estimate of drug-likeness (QED) is 0.646. The Kier molecular flexibility index (Phi) is 4.94. The van der Waals surface area contributed by atoms with Gasteiger partial charge in [0.1, 0.15) is 5.82 Å². The van der Waals surface area contributed by atoms with Crippen LogP contribution in [-0.4, -0.2) is 60.1 Å². The first kappa shape index (κ1) is 21.5. The molecule has 12 heteroatoms. The molecule has 2 fully saturated rings. The highest BCUT2D eigenvalue weighted by Crippen LogP contribution is 2.49. The zero-order valence-electron chi connectivity index (χ0n) is 18.2. The molecule has 4 heterocycles. The standard InChI is InChI=1S/C21H22FN5O6/c1-4-13-16-21(18(28)24-20(30)25-19(21)29)7-11-5-10(17-23-9(2)33-26-17)6-12(22)15(11)27(16)8-14(31-3)32-13/h5-6,13-14,16H,4,7-8H2,1-3H3,(H2,24,25,28,29,30)/t13-,14-,16+/m0/s1. The van der Waals surface area contributed by atoms with Gasteiger partial charge in [0, 0.05) is 26.0 Å². The van der Waals surface area contributed by atoms with E-state index >= 15 is 4.39 Å². The largest absolute Gasteiger partial charge is 0.357 e. The van der Waals surface area contributed by atoms with E-state index in [-0.39, 0.29) is 24.5 Å². The minimum atomic E-state index is -1.72. The molecule has 1 spiro atoms. The number of aromatic nitrogens is 2. The van der Waals surface area contributed by atoms with Crippen LogP contribution in [0.1, 0.15) is 24.8 Å². The summed E-state index contributed by atoms with van der Waals surface area (Å²) in [7, 11) is 1.47. The summed E-state index contributed by atoms with van der Waals surface area (Å²) in [6.45, 7) is 3.53. The summed E-state index contributed by atoms with van der Waals surface area (Å²) < 4.78 is 32.0. The number of carbonyl (C=O) groups excluding carboxylic acids is 3. The fraction of sp³-hybridized carbons (Fsp3) is 0.476. The van der Waals surface area contributed by atoms with E-state index in [0.717, 1.165) is 0 Å².